The van der Waals surface area contributed by atoms with Gasteiger partial charge >= 0.3 is 21.7 Å². The van der Waals surface area contributed by atoms with Gasteiger partial charge in [-0.1, -0.05) is 6.92 Å². The summed E-state index contributed by atoms with van der Waals surface area (Å²) in [6.45, 7) is 1.38. The minimum absolute atomic E-state index is 0.0822. The Morgan fingerprint density at radius 2 is 2.08 bits per heavy atom. The molecule has 0 aliphatic carbocycles. The zero-order valence-electron chi connectivity index (χ0n) is 12.2. The highest BCUT2D eigenvalue weighted by Gasteiger charge is 2.52. The van der Waals surface area contributed by atoms with Gasteiger partial charge in [0.2, 0.25) is 0 Å². The maximum Gasteiger partial charge on any atom is 0.534 e. The van der Waals surface area contributed by atoms with Crippen molar-refractivity contribution in [3.8, 4) is 0 Å². The lowest BCUT2D eigenvalue weighted by Crippen LogP contribution is -2.45. The molecule has 2 aliphatic heterocycles. The molecule has 24 heavy (non-hydrogen) atoms. The van der Waals surface area contributed by atoms with Crippen LogP contribution in [0.4, 0.5) is 18.0 Å². The predicted octanol–water partition coefficient (Wildman–Crippen LogP) is 2.54. The lowest BCUT2D eigenvalue weighted by Gasteiger charge is -2.37. The van der Waals surface area contributed by atoms with E-state index in [1.54, 1.807) is 0 Å². The molecule has 7 nitrogen and oxygen atoms in total. The topological polar surface area (TPSA) is 86.1 Å². The number of ether oxygens (including phenoxy) is 1. The Bertz CT molecular complexity index is 770. The van der Waals surface area contributed by atoms with Crippen LogP contribution in [0, 0.1) is 5.92 Å². The summed E-state index contributed by atoms with van der Waals surface area (Å²) < 4.78 is 74.5. The summed E-state index contributed by atoms with van der Waals surface area (Å²) in [7, 11) is -5.80. The molecule has 3 rings (SSSR count). The smallest absolute Gasteiger partial charge is 0.472 e. The second-order valence-corrected chi connectivity index (χ2v) is 6.93. The van der Waals surface area contributed by atoms with Crippen molar-refractivity contribution in [3.05, 3.63) is 36.0 Å². The number of cyclic esters (lactones) is 1. The fourth-order valence-electron chi connectivity index (χ4n) is 2.71. The van der Waals surface area contributed by atoms with Crippen LogP contribution >= 0.6 is 0 Å². The first-order valence-corrected chi connectivity index (χ1v) is 8.22. The Morgan fingerprint density at radius 1 is 1.38 bits per heavy atom. The number of fused-ring (bicyclic) bond motifs is 1. The molecule has 3 atom stereocenters. The normalized spacial score (nSPS) is 27.5. The highest BCUT2D eigenvalue weighted by molar-refractivity contribution is 7.87. The van der Waals surface area contributed by atoms with Gasteiger partial charge in [0.05, 0.1) is 24.6 Å². The second-order valence-electron chi connectivity index (χ2n) is 5.39. The van der Waals surface area contributed by atoms with Crippen LogP contribution in [-0.4, -0.2) is 37.6 Å². The summed E-state index contributed by atoms with van der Waals surface area (Å²) in [5.41, 5.74) is -5.09. The van der Waals surface area contributed by atoms with Crippen LogP contribution in [0.1, 0.15) is 18.5 Å². The van der Waals surface area contributed by atoms with Gasteiger partial charge in [0.25, 0.3) is 0 Å². The molecule has 0 N–H and O–H groups in total. The number of carbonyl (C=O) groups is 1. The van der Waals surface area contributed by atoms with Crippen molar-refractivity contribution in [2.75, 3.05) is 6.61 Å². The number of furan rings is 1. The van der Waals surface area contributed by atoms with Gasteiger partial charge < -0.3 is 13.3 Å². The molecular formula is C13H12F3NO6S. The lowest BCUT2D eigenvalue weighted by molar-refractivity contribution is -0.0531. The quantitative estimate of drug-likeness (QED) is 0.603. The van der Waals surface area contributed by atoms with E-state index < -0.39 is 45.5 Å². The third kappa shape index (κ3) is 2.62. The summed E-state index contributed by atoms with van der Waals surface area (Å²) >= 11 is 0. The minimum atomic E-state index is -5.80. The lowest BCUT2D eigenvalue weighted by atomic mass is 9.90. The van der Waals surface area contributed by atoms with Gasteiger partial charge in [0.1, 0.15) is 12.4 Å². The Kier molecular flexibility index (Phi) is 3.78. The van der Waals surface area contributed by atoms with Crippen LogP contribution < -0.4 is 0 Å². The van der Waals surface area contributed by atoms with E-state index >= 15 is 0 Å². The maximum absolute atomic E-state index is 12.6. The van der Waals surface area contributed by atoms with E-state index in [2.05, 4.69) is 4.18 Å². The SMILES string of the molecule is C[C@@H]1C(OS(=O)(=O)C(F)(F)F)=C[C@@H](c2ccoc2)N2C(=O)OC[C@@H]12. The molecule has 0 aromatic carbocycles. The van der Waals surface area contributed by atoms with Crippen LogP contribution in [0.5, 0.6) is 0 Å². The Hall–Kier alpha value is -2.17. The fraction of sp³-hybridized carbons (Fsp3) is 0.462. The monoisotopic (exact) mass is 367 g/mol. The van der Waals surface area contributed by atoms with Gasteiger partial charge in [-0.3, -0.25) is 4.90 Å². The first-order valence-electron chi connectivity index (χ1n) is 6.81. The summed E-state index contributed by atoms with van der Waals surface area (Å²) in [5.74, 6) is -1.19. The zero-order chi connectivity index (χ0) is 17.7. The van der Waals surface area contributed by atoms with E-state index in [9.17, 15) is 26.4 Å². The average Bonchev–Trinajstić information content (AvgIpc) is 3.11. The van der Waals surface area contributed by atoms with Crippen molar-refractivity contribution >= 4 is 16.2 Å². The standard InChI is InChI=1S/C13H12F3NO6S/c1-7-10-6-22-12(18)17(10)9(8-2-3-21-5-8)4-11(7)23-24(19,20)13(14,15)16/h2-5,7,9-10H,6H2,1H3/t7-,9-,10-/m0/s1. The Morgan fingerprint density at radius 3 is 2.67 bits per heavy atom. The van der Waals surface area contributed by atoms with Crippen molar-refractivity contribution in [1.29, 1.82) is 0 Å². The predicted molar refractivity (Wildman–Crippen MR) is 71.7 cm³/mol. The number of rotatable bonds is 3. The molecule has 1 amide bonds. The van der Waals surface area contributed by atoms with E-state index in [1.165, 1.54) is 30.4 Å². The molecule has 1 aromatic heterocycles. The molecule has 0 unspecified atom stereocenters. The van der Waals surface area contributed by atoms with E-state index in [0.717, 1.165) is 6.08 Å². The number of nitrogens with zero attached hydrogens (tertiary/aromatic N) is 1. The van der Waals surface area contributed by atoms with Crippen LogP contribution in [0.3, 0.4) is 0 Å². The third-order valence-electron chi connectivity index (χ3n) is 3.97. The van der Waals surface area contributed by atoms with Crippen LogP contribution in [-0.2, 0) is 19.0 Å². The second kappa shape index (κ2) is 5.43. The number of halogens is 3. The fourth-order valence-corrected chi connectivity index (χ4v) is 3.26. The molecule has 0 spiro atoms. The molecule has 2 aliphatic rings. The molecule has 0 bridgehead atoms. The zero-order valence-corrected chi connectivity index (χ0v) is 13.0. The molecule has 3 heterocycles. The largest absolute Gasteiger partial charge is 0.534 e. The van der Waals surface area contributed by atoms with Gasteiger partial charge in [-0.15, -0.1) is 0 Å². The molecular weight excluding hydrogens is 355 g/mol. The van der Waals surface area contributed by atoms with Gasteiger partial charge in [-0.05, 0) is 12.1 Å². The van der Waals surface area contributed by atoms with E-state index in [1.807, 2.05) is 0 Å². The first kappa shape index (κ1) is 16.7. The number of hydrogen-bond donors (Lipinski definition) is 0. The summed E-state index contributed by atoms with van der Waals surface area (Å²) in [5, 5.41) is 0. The molecule has 1 aromatic rings. The number of amides is 1. The van der Waals surface area contributed by atoms with Gasteiger partial charge in [-0.2, -0.15) is 21.6 Å². The van der Waals surface area contributed by atoms with E-state index in [4.69, 9.17) is 9.15 Å². The Labute approximate surface area is 134 Å². The Balaban J connectivity index is 2.01. The van der Waals surface area contributed by atoms with Gasteiger partial charge in [0, 0.05) is 11.5 Å². The van der Waals surface area contributed by atoms with Crippen molar-refractivity contribution in [1.82, 2.24) is 4.90 Å². The molecule has 1 saturated heterocycles. The molecule has 1 fully saturated rings. The van der Waals surface area contributed by atoms with E-state index in [-0.39, 0.29) is 6.61 Å². The maximum atomic E-state index is 12.6. The molecule has 11 heteroatoms. The number of hydrogen-bond acceptors (Lipinski definition) is 6. The molecule has 0 radical (unpaired) electrons. The highest BCUT2D eigenvalue weighted by atomic mass is 32.2. The highest BCUT2D eigenvalue weighted by Crippen LogP contribution is 2.41. The van der Waals surface area contributed by atoms with Crippen LogP contribution in [0.2, 0.25) is 0 Å². The molecule has 132 valence electrons. The summed E-state index contributed by atoms with van der Waals surface area (Å²) in [6.07, 6.45) is 3.13. The van der Waals surface area contributed by atoms with Crippen molar-refractivity contribution in [2.45, 2.75) is 24.5 Å². The van der Waals surface area contributed by atoms with Gasteiger partial charge in [-0.25, -0.2) is 4.79 Å². The number of alkyl halides is 3. The number of carbonyl (C=O) groups excluding carboxylic acids is 1. The molecule has 0 saturated carbocycles. The van der Waals surface area contributed by atoms with Crippen molar-refractivity contribution in [2.24, 2.45) is 5.92 Å². The van der Waals surface area contributed by atoms with Gasteiger partial charge in [0.15, 0.2) is 0 Å². The van der Waals surface area contributed by atoms with Crippen molar-refractivity contribution in [3.63, 3.8) is 0 Å². The van der Waals surface area contributed by atoms with Crippen LogP contribution in [0.15, 0.2) is 34.8 Å². The van der Waals surface area contributed by atoms with Crippen LogP contribution in [0.25, 0.3) is 0 Å². The first-order chi connectivity index (χ1) is 11.1. The third-order valence-corrected chi connectivity index (χ3v) is 4.95. The summed E-state index contributed by atoms with van der Waals surface area (Å²) in [6, 6.07) is 0.00889. The van der Waals surface area contributed by atoms with E-state index in [0.29, 0.717) is 5.56 Å². The van der Waals surface area contributed by atoms with Crippen molar-refractivity contribution < 1.29 is 39.7 Å². The summed E-state index contributed by atoms with van der Waals surface area (Å²) in [4.78, 5) is 13.2. The average molecular weight is 367 g/mol. The minimum Gasteiger partial charge on any atom is -0.472 e.